The molecule has 2 aromatic carbocycles. The first-order chi connectivity index (χ1) is 12.1. The van der Waals surface area contributed by atoms with E-state index in [1.807, 2.05) is 12.1 Å². The lowest BCUT2D eigenvalue weighted by molar-refractivity contribution is -0.118. The highest BCUT2D eigenvalue weighted by atomic mass is 35.5. The molecule has 1 saturated carbocycles. The molecule has 1 amide bonds. The van der Waals surface area contributed by atoms with Gasteiger partial charge >= 0.3 is 0 Å². The van der Waals surface area contributed by atoms with Gasteiger partial charge in [-0.25, -0.2) is 4.39 Å². The fraction of sp³-hybridized carbons (Fsp3) is 0.350. The van der Waals surface area contributed by atoms with Crippen LogP contribution in [0.5, 0.6) is 11.5 Å². The molecule has 138 valence electrons. The van der Waals surface area contributed by atoms with Gasteiger partial charge in [-0.2, -0.15) is 0 Å². The van der Waals surface area contributed by atoms with Crippen LogP contribution in [0.2, 0.25) is 0 Å². The monoisotopic (exact) mass is 376 g/mol. The molecule has 0 bridgehead atoms. The van der Waals surface area contributed by atoms with Gasteiger partial charge in [-0.1, -0.05) is 6.07 Å². The second-order valence-corrected chi connectivity index (χ2v) is 6.94. The van der Waals surface area contributed by atoms with Crippen molar-refractivity contribution in [3.63, 3.8) is 0 Å². The summed E-state index contributed by atoms with van der Waals surface area (Å²) in [4.78, 5) is 12.5. The molecule has 4 nitrogen and oxygen atoms in total. The summed E-state index contributed by atoms with van der Waals surface area (Å²) in [5, 5.41) is 6.35. The molecule has 0 aromatic heterocycles. The van der Waals surface area contributed by atoms with Crippen LogP contribution >= 0.6 is 12.4 Å². The van der Waals surface area contributed by atoms with Crippen LogP contribution in [0, 0.1) is 17.2 Å². The minimum absolute atomic E-state index is 0. The number of nitrogens with one attached hydrogen (secondary N) is 2. The van der Waals surface area contributed by atoms with Gasteiger partial charge in [-0.05, 0) is 74.2 Å². The summed E-state index contributed by atoms with van der Waals surface area (Å²) in [6, 6.07) is 13.2. The van der Waals surface area contributed by atoms with E-state index in [0.29, 0.717) is 11.5 Å². The number of halogens is 2. The number of benzene rings is 2. The van der Waals surface area contributed by atoms with E-state index in [4.69, 9.17) is 4.74 Å². The largest absolute Gasteiger partial charge is 0.457 e. The molecule has 1 heterocycles. The molecule has 1 aliphatic carbocycles. The van der Waals surface area contributed by atoms with Crippen molar-refractivity contribution in [2.24, 2.45) is 11.3 Å². The van der Waals surface area contributed by atoms with Crippen molar-refractivity contribution in [3.8, 4) is 11.5 Å². The third-order valence-electron chi connectivity index (χ3n) is 5.26. The number of carbonyl (C=O) groups excluding carboxylic acids is 1. The predicted molar refractivity (Wildman–Crippen MR) is 101 cm³/mol. The fourth-order valence-electron chi connectivity index (χ4n) is 3.70. The van der Waals surface area contributed by atoms with Crippen molar-refractivity contribution >= 4 is 24.0 Å². The highest BCUT2D eigenvalue weighted by Gasteiger charge is 2.57. The Morgan fingerprint density at radius 2 is 1.85 bits per heavy atom. The maximum Gasteiger partial charge on any atom is 0.228 e. The first-order valence-corrected chi connectivity index (χ1v) is 8.70. The Bertz CT molecular complexity index is 776. The predicted octanol–water partition coefficient (Wildman–Crippen LogP) is 4.37. The van der Waals surface area contributed by atoms with E-state index in [-0.39, 0.29) is 35.5 Å². The summed E-state index contributed by atoms with van der Waals surface area (Å²) in [5.74, 6) is 0.962. The van der Waals surface area contributed by atoms with Gasteiger partial charge in [0.25, 0.3) is 0 Å². The Labute approximate surface area is 158 Å². The second kappa shape index (κ2) is 7.64. The van der Waals surface area contributed by atoms with Gasteiger partial charge in [0.1, 0.15) is 17.3 Å². The minimum Gasteiger partial charge on any atom is -0.457 e. The van der Waals surface area contributed by atoms with Crippen molar-refractivity contribution in [1.82, 2.24) is 5.32 Å². The van der Waals surface area contributed by atoms with Gasteiger partial charge in [0.05, 0.1) is 0 Å². The first kappa shape index (κ1) is 18.7. The SMILES string of the molecule is Cl.O=C(Nc1ccc(Oc2cccc(F)c2)cc1)C1CC12CCNCC2. The zero-order valence-corrected chi connectivity index (χ0v) is 15.2. The molecule has 2 aromatic rings. The Balaban J connectivity index is 0.00000196. The first-order valence-electron chi connectivity index (χ1n) is 8.70. The van der Waals surface area contributed by atoms with Gasteiger partial charge in [0, 0.05) is 17.7 Å². The fourth-order valence-corrected chi connectivity index (χ4v) is 3.70. The van der Waals surface area contributed by atoms with Crippen molar-refractivity contribution in [1.29, 1.82) is 0 Å². The molecular weight excluding hydrogens is 355 g/mol. The second-order valence-electron chi connectivity index (χ2n) is 6.94. The van der Waals surface area contributed by atoms with E-state index < -0.39 is 0 Å². The Morgan fingerprint density at radius 1 is 1.12 bits per heavy atom. The lowest BCUT2D eigenvalue weighted by atomic mass is 9.92. The minimum atomic E-state index is -0.336. The summed E-state index contributed by atoms with van der Waals surface area (Å²) in [5.41, 5.74) is 0.989. The number of amides is 1. The zero-order chi connectivity index (χ0) is 17.3. The maximum absolute atomic E-state index is 13.2. The third kappa shape index (κ3) is 4.00. The van der Waals surface area contributed by atoms with Gasteiger partial charge < -0.3 is 15.4 Å². The Hall–Kier alpha value is -2.11. The molecule has 2 N–H and O–H groups in total. The van der Waals surface area contributed by atoms with Gasteiger partial charge in [-0.3, -0.25) is 4.79 Å². The van der Waals surface area contributed by atoms with Crippen molar-refractivity contribution in [2.75, 3.05) is 18.4 Å². The van der Waals surface area contributed by atoms with E-state index in [1.165, 1.54) is 12.1 Å². The van der Waals surface area contributed by atoms with Crippen molar-refractivity contribution < 1.29 is 13.9 Å². The molecule has 6 heteroatoms. The Morgan fingerprint density at radius 3 is 2.54 bits per heavy atom. The van der Waals surface area contributed by atoms with E-state index >= 15 is 0 Å². The molecule has 0 radical (unpaired) electrons. The number of ether oxygens (including phenoxy) is 1. The quantitative estimate of drug-likeness (QED) is 0.833. The van der Waals surface area contributed by atoms with Crippen molar-refractivity contribution in [2.45, 2.75) is 19.3 Å². The molecule has 1 aliphatic heterocycles. The zero-order valence-electron chi connectivity index (χ0n) is 14.3. The van der Waals surface area contributed by atoms with Crippen LogP contribution in [0.3, 0.4) is 0 Å². The van der Waals surface area contributed by atoms with Gasteiger partial charge in [0.2, 0.25) is 5.91 Å². The average molecular weight is 377 g/mol. The smallest absolute Gasteiger partial charge is 0.228 e. The molecule has 2 fully saturated rings. The van der Waals surface area contributed by atoms with Crippen LogP contribution in [0.25, 0.3) is 0 Å². The lowest BCUT2D eigenvalue weighted by Gasteiger charge is -2.23. The Kier molecular flexibility index (Phi) is 5.49. The average Bonchev–Trinajstić information content (AvgIpc) is 3.30. The van der Waals surface area contributed by atoms with Gasteiger partial charge in [-0.15, -0.1) is 12.4 Å². The molecule has 1 saturated heterocycles. The summed E-state index contributed by atoms with van der Waals surface area (Å²) in [6.45, 7) is 2.02. The molecular formula is C20H22ClFN2O2. The van der Waals surface area contributed by atoms with Crippen LogP contribution < -0.4 is 15.4 Å². The number of hydrogen-bond acceptors (Lipinski definition) is 3. The maximum atomic E-state index is 13.2. The standard InChI is InChI=1S/C20H21FN2O2.ClH/c21-14-2-1-3-17(12-14)25-16-6-4-15(5-7-16)23-19(24)18-13-20(18)8-10-22-11-9-20;/h1-7,12,18,22H,8-11,13H2,(H,23,24);1H. The van der Waals surface area contributed by atoms with Crippen LogP contribution in [-0.2, 0) is 4.79 Å². The number of rotatable bonds is 4. The van der Waals surface area contributed by atoms with E-state index in [2.05, 4.69) is 10.6 Å². The molecule has 26 heavy (non-hydrogen) atoms. The summed E-state index contributed by atoms with van der Waals surface area (Å²) < 4.78 is 18.8. The highest BCUT2D eigenvalue weighted by molar-refractivity contribution is 5.95. The third-order valence-corrected chi connectivity index (χ3v) is 5.26. The van der Waals surface area contributed by atoms with Crippen LogP contribution in [0.4, 0.5) is 10.1 Å². The van der Waals surface area contributed by atoms with Gasteiger partial charge in [0.15, 0.2) is 0 Å². The van der Waals surface area contributed by atoms with Crippen LogP contribution in [0.1, 0.15) is 19.3 Å². The van der Waals surface area contributed by atoms with Crippen LogP contribution in [0.15, 0.2) is 48.5 Å². The molecule has 1 atom stereocenters. The number of piperidine rings is 1. The summed E-state index contributed by atoms with van der Waals surface area (Å²) >= 11 is 0. The van der Waals surface area contributed by atoms with E-state index in [9.17, 15) is 9.18 Å². The summed E-state index contributed by atoms with van der Waals surface area (Å²) in [7, 11) is 0. The normalized spacial score (nSPS) is 20.1. The number of hydrogen-bond donors (Lipinski definition) is 2. The topological polar surface area (TPSA) is 50.4 Å². The van der Waals surface area contributed by atoms with Crippen LogP contribution in [-0.4, -0.2) is 19.0 Å². The highest BCUT2D eigenvalue weighted by Crippen LogP contribution is 2.58. The number of anilines is 1. The molecule has 1 spiro atoms. The van der Waals surface area contributed by atoms with E-state index in [0.717, 1.165) is 38.0 Å². The summed E-state index contributed by atoms with van der Waals surface area (Å²) in [6.07, 6.45) is 3.18. The molecule has 4 rings (SSSR count). The van der Waals surface area contributed by atoms with Crippen molar-refractivity contribution in [3.05, 3.63) is 54.3 Å². The molecule has 2 aliphatic rings. The lowest BCUT2D eigenvalue weighted by Crippen LogP contribution is -2.31. The van der Waals surface area contributed by atoms with E-state index in [1.54, 1.807) is 24.3 Å². The number of carbonyl (C=O) groups is 1. The molecule has 1 unspecified atom stereocenters.